The van der Waals surface area contributed by atoms with Crippen LogP contribution >= 0.6 is 0 Å². The largest absolute Gasteiger partial charge is 0.497 e. The fourth-order valence-electron chi connectivity index (χ4n) is 1.69. The van der Waals surface area contributed by atoms with Crippen LogP contribution in [0.3, 0.4) is 0 Å². The second kappa shape index (κ2) is 4.49. The lowest BCUT2D eigenvalue weighted by Crippen LogP contribution is -2.25. The molecule has 5 nitrogen and oxygen atoms in total. The Bertz CT molecular complexity index is 406. The van der Waals surface area contributed by atoms with E-state index in [1.54, 1.807) is 25.3 Å². The molecule has 86 valence electrons. The average molecular weight is 223 g/mol. The van der Waals surface area contributed by atoms with Crippen LogP contribution < -0.4 is 14.8 Å². The van der Waals surface area contributed by atoms with Gasteiger partial charge in [0.2, 0.25) is 5.75 Å². The summed E-state index contributed by atoms with van der Waals surface area (Å²) in [4.78, 5) is 11.8. The van der Waals surface area contributed by atoms with E-state index in [-0.39, 0.29) is 0 Å². The number of fused-ring (bicyclic) bond motifs is 1. The summed E-state index contributed by atoms with van der Waals surface area (Å²) in [5, 5.41) is 2.99. The fraction of sp³-hybridized carbons (Fsp3) is 0.455. The second-order valence-corrected chi connectivity index (χ2v) is 3.62. The van der Waals surface area contributed by atoms with Gasteiger partial charge >= 0.3 is 11.9 Å². The zero-order valence-corrected chi connectivity index (χ0v) is 9.40. The van der Waals surface area contributed by atoms with Gasteiger partial charge in [0.1, 0.15) is 5.75 Å². The van der Waals surface area contributed by atoms with Crippen molar-refractivity contribution < 1.29 is 14.2 Å². The van der Waals surface area contributed by atoms with Crippen LogP contribution in [-0.4, -0.2) is 31.7 Å². The summed E-state index contributed by atoms with van der Waals surface area (Å²) in [5.74, 6) is 1.29. The number of hydrogen-bond acceptors (Lipinski definition) is 4. The third-order valence-electron chi connectivity index (χ3n) is 2.57. The van der Waals surface area contributed by atoms with Crippen molar-refractivity contribution in [2.75, 3.05) is 20.7 Å². The smallest absolute Gasteiger partial charge is 0.351 e. The van der Waals surface area contributed by atoms with E-state index in [9.17, 15) is 4.91 Å². The van der Waals surface area contributed by atoms with Crippen molar-refractivity contribution in [3.8, 4) is 11.5 Å². The lowest BCUT2D eigenvalue weighted by molar-refractivity contribution is -0.529. The molecule has 0 fully saturated rings. The van der Waals surface area contributed by atoms with Crippen LogP contribution in [0.15, 0.2) is 18.2 Å². The Balaban J connectivity index is 2.17. The number of benzene rings is 1. The molecule has 0 aliphatic carbocycles. The lowest BCUT2D eigenvalue weighted by atomic mass is 10.3. The monoisotopic (exact) mass is 223 g/mol. The molecule has 1 heterocycles. The van der Waals surface area contributed by atoms with Gasteiger partial charge in [-0.15, -0.1) is 0 Å². The van der Waals surface area contributed by atoms with Crippen molar-refractivity contribution in [2.24, 2.45) is 0 Å². The summed E-state index contributed by atoms with van der Waals surface area (Å²) in [6, 6.07) is 5.22. The van der Waals surface area contributed by atoms with Crippen molar-refractivity contribution >= 4 is 5.69 Å². The molecule has 1 N–H and O–H groups in total. The maximum atomic E-state index is 11.8. The molecule has 1 aliphatic rings. The molecule has 0 spiro atoms. The van der Waals surface area contributed by atoms with E-state index < -0.39 is 6.23 Å². The molecule has 2 rings (SSSR count). The quantitative estimate of drug-likeness (QED) is 0.784. The van der Waals surface area contributed by atoms with Gasteiger partial charge in [-0.25, -0.2) is 0 Å². The Hall–Kier alpha value is -1.62. The van der Waals surface area contributed by atoms with Crippen LogP contribution in [0.5, 0.6) is 11.5 Å². The molecular weight excluding hydrogens is 208 g/mol. The molecule has 0 bridgehead atoms. The Labute approximate surface area is 93.9 Å². The highest BCUT2D eigenvalue weighted by molar-refractivity contribution is 5.51. The van der Waals surface area contributed by atoms with E-state index in [0.717, 1.165) is 11.3 Å². The van der Waals surface area contributed by atoms with Crippen LogP contribution in [0.1, 0.15) is 6.42 Å². The van der Waals surface area contributed by atoms with E-state index >= 15 is 0 Å². The SMILES string of the molecule is CNCCC1Oc2cc(OC)ccc2[N+]1=O. The first-order valence-electron chi connectivity index (χ1n) is 5.22. The van der Waals surface area contributed by atoms with Crippen molar-refractivity contribution in [2.45, 2.75) is 12.6 Å². The van der Waals surface area contributed by atoms with Gasteiger partial charge in [0.25, 0.3) is 0 Å². The minimum absolute atomic E-state index is 0.436. The van der Waals surface area contributed by atoms with E-state index in [1.807, 2.05) is 7.05 Å². The van der Waals surface area contributed by atoms with Gasteiger partial charge in [-0.2, -0.15) is 0 Å². The normalized spacial score (nSPS) is 18.1. The third-order valence-corrected chi connectivity index (χ3v) is 2.57. The first kappa shape index (κ1) is 10.9. The molecule has 1 unspecified atom stereocenters. The van der Waals surface area contributed by atoms with Crippen molar-refractivity contribution in [1.29, 1.82) is 0 Å². The van der Waals surface area contributed by atoms with Crippen LogP contribution in [0.2, 0.25) is 0 Å². The number of nitroso groups, excluding NO2 is 1. The standard InChI is InChI=1S/C11H15N2O3/c1-12-6-5-11-13(14)9-4-3-8(15-2)7-10(9)16-11/h3-4,7,11-12H,5-6H2,1-2H3/q+1. The molecule has 16 heavy (non-hydrogen) atoms. The molecule has 5 heteroatoms. The zero-order valence-electron chi connectivity index (χ0n) is 9.40. The third kappa shape index (κ3) is 1.86. The highest BCUT2D eigenvalue weighted by Crippen LogP contribution is 2.38. The van der Waals surface area contributed by atoms with Crippen molar-refractivity contribution in [3.05, 3.63) is 23.1 Å². The van der Waals surface area contributed by atoms with Crippen molar-refractivity contribution in [1.82, 2.24) is 5.32 Å². The van der Waals surface area contributed by atoms with Crippen molar-refractivity contribution in [3.63, 3.8) is 0 Å². The summed E-state index contributed by atoms with van der Waals surface area (Å²) < 4.78 is 11.5. The van der Waals surface area contributed by atoms with Gasteiger partial charge in [0.15, 0.2) is 0 Å². The highest BCUT2D eigenvalue weighted by atomic mass is 16.5. The van der Waals surface area contributed by atoms with Crippen LogP contribution in [-0.2, 0) is 0 Å². The fourth-order valence-corrected chi connectivity index (χ4v) is 1.69. The molecule has 0 amide bonds. The number of ether oxygens (including phenoxy) is 2. The number of rotatable bonds is 4. The maximum Gasteiger partial charge on any atom is 0.351 e. The molecular formula is C11H15N2O3+. The molecule has 0 saturated carbocycles. The predicted octanol–water partition coefficient (Wildman–Crippen LogP) is 1.43. The lowest BCUT2D eigenvalue weighted by Gasteiger charge is -2.01. The molecule has 1 aromatic carbocycles. The zero-order chi connectivity index (χ0) is 11.5. The molecule has 1 atom stereocenters. The van der Waals surface area contributed by atoms with Gasteiger partial charge in [-0.3, -0.25) is 0 Å². The molecule has 0 radical (unpaired) electrons. The van der Waals surface area contributed by atoms with Gasteiger partial charge in [-0.05, 0) is 13.1 Å². The number of hydrogen-bond donors (Lipinski definition) is 1. The van der Waals surface area contributed by atoms with Crippen LogP contribution in [0.4, 0.5) is 5.69 Å². The van der Waals surface area contributed by atoms with Crippen LogP contribution in [0, 0.1) is 4.91 Å². The summed E-state index contributed by atoms with van der Waals surface area (Å²) in [7, 11) is 3.43. The number of nitrogens with zero attached hydrogens (tertiary/aromatic N) is 1. The number of methoxy groups -OCH3 is 1. The Morgan fingerprint density at radius 2 is 2.38 bits per heavy atom. The summed E-state index contributed by atoms with van der Waals surface area (Å²) in [6.07, 6.45) is 0.214. The first-order chi connectivity index (χ1) is 7.76. The first-order valence-corrected chi connectivity index (χ1v) is 5.22. The van der Waals surface area contributed by atoms with Crippen LogP contribution in [0.25, 0.3) is 0 Å². The highest BCUT2D eigenvalue weighted by Gasteiger charge is 2.40. The van der Waals surface area contributed by atoms with Gasteiger partial charge < -0.3 is 14.8 Å². The second-order valence-electron chi connectivity index (χ2n) is 3.62. The Morgan fingerprint density at radius 3 is 3.06 bits per heavy atom. The average Bonchev–Trinajstić information content (AvgIpc) is 2.63. The topological polar surface area (TPSA) is 50.6 Å². The number of nitrogens with one attached hydrogen (secondary N) is 1. The molecule has 1 aliphatic heterocycles. The summed E-state index contributed by atoms with van der Waals surface area (Å²) >= 11 is 0. The van der Waals surface area contributed by atoms with Gasteiger partial charge in [-0.1, -0.05) is 0 Å². The predicted molar refractivity (Wildman–Crippen MR) is 59.2 cm³/mol. The van der Waals surface area contributed by atoms with E-state index in [4.69, 9.17) is 9.47 Å². The van der Waals surface area contributed by atoms with E-state index in [0.29, 0.717) is 23.6 Å². The summed E-state index contributed by atoms with van der Waals surface area (Å²) in [6.45, 7) is 0.745. The summed E-state index contributed by atoms with van der Waals surface area (Å²) in [5.41, 5.74) is 0.571. The minimum Gasteiger partial charge on any atom is -0.497 e. The van der Waals surface area contributed by atoms with E-state index in [1.165, 1.54) is 0 Å². The van der Waals surface area contributed by atoms with E-state index in [2.05, 4.69) is 5.32 Å². The van der Waals surface area contributed by atoms with Gasteiger partial charge in [0.05, 0.1) is 18.3 Å². The Morgan fingerprint density at radius 1 is 1.56 bits per heavy atom. The Kier molecular flexibility index (Phi) is 3.05. The minimum atomic E-state index is -0.436. The maximum absolute atomic E-state index is 11.8. The molecule has 0 saturated heterocycles. The molecule has 1 aromatic rings. The molecule has 0 aromatic heterocycles. The van der Waals surface area contributed by atoms with Gasteiger partial charge in [0, 0.05) is 23.6 Å².